The second-order valence-corrected chi connectivity index (χ2v) is 11.8. The average molecular weight is 539 g/mol. The predicted molar refractivity (Wildman–Crippen MR) is 166 cm³/mol. The van der Waals surface area contributed by atoms with Gasteiger partial charge in [0.1, 0.15) is 12.0 Å². The summed E-state index contributed by atoms with van der Waals surface area (Å²) in [5.41, 5.74) is 6.75. The molecule has 1 fully saturated rings. The summed E-state index contributed by atoms with van der Waals surface area (Å²) in [5, 5.41) is 10.2. The minimum Gasteiger partial charge on any atom is -0.508 e. The summed E-state index contributed by atoms with van der Waals surface area (Å²) in [5.74, 6) is 1.09. The number of fused-ring (bicyclic) bond motifs is 1. The van der Waals surface area contributed by atoms with E-state index in [0.29, 0.717) is 24.1 Å². The Hall–Kier alpha value is -3.11. The minimum atomic E-state index is 0.290. The second kappa shape index (κ2) is 14.5. The van der Waals surface area contributed by atoms with Gasteiger partial charge in [0.25, 0.3) is 0 Å². The van der Waals surface area contributed by atoms with Crippen LogP contribution in [-0.4, -0.2) is 49.0 Å². The standard InChI is InChI=1S/C36H46N2O2/c39-27-26-37-22-8-1-3-10-24-38(25-11-4-2-9-23-37)32-17-14-30(15-18-32)36-34(29-12-6-5-7-13-29)20-16-31-28-33(40)19-21-35(31)36/h5-7,12-15,17-19,21,27-28,34,36,40H,1-4,8-11,16,20,22-26H2/t34-,36+/m0/s1. The smallest absolute Gasteiger partial charge is 0.133 e. The van der Waals surface area contributed by atoms with Crippen molar-refractivity contribution in [3.05, 3.63) is 95.1 Å². The molecule has 2 atom stereocenters. The van der Waals surface area contributed by atoms with Gasteiger partial charge >= 0.3 is 0 Å². The first kappa shape index (κ1) is 28.4. The number of hydrogen-bond acceptors (Lipinski definition) is 4. The summed E-state index contributed by atoms with van der Waals surface area (Å²) >= 11 is 0. The average Bonchev–Trinajstić information content (AvgIpc) is 2.99. The van der Waals surface area contributed by atoms with E-state index in [2.05, 4.69) is 70.5 Å². The van der Waals surface area contributed by atoms with E-state index in [-0.39, 0.29) is 0 Å². The van der Waals surface area contributed by atoms with Crippen LogP contribution in [-0.2, 0) is 11.2 Å². The molecule has 1 heterocycles. The Morgan fingerprint density at radius 1 is 0.725 bits per heavy atom. The number of anilines is 1. The lowest BCUT2D eigenvalue weighted by Crippen LogP contribution is -2.29. The fourth-order valence-electron chi connectivity index (χ4n) is 6.92. The molecule has 3 aromatic carbocycles. The van der Waals surface area contributed by atoms with Gasteiger partial charge in [-0.1, -0.05) is 74.2 Å². The first-order valence-corrected chi connectivity index (χ1v) is 15.6. The Morgan fingerprint density at radius 3 is 2.02 bits per heavy atom. The number of phenols is 1. The van der Waals surface area contributed by atoms with E-state index in [4.69, 9.17) is 0 Å². The normalized spacial score (nSPS) is 21.8. The molecule has 4 nitrogen and oxygen atoms in total. The Labute approximate surface area is 241 Å². The molecular formula is C36H46N2O2. The largest absolute Gasteiger partial charge is 0.508 e. The van der Waals surface area contributed by atoms with E-state index in [9.17, 15) is 9.90 Å². The summed E-state index contributed by atoms with van der Waals surface area (Å²) in [7, 11) is 0. The van der Waals surface area contributed by atoms with Crippen LogP contribution in [0.3, 0.4) is 0 Å². The monoisotopic (exact) mass is 538 g/mol. The number of hydrogen-bond donors (Lipinski definition) is 1. The quantitative estimate of drug-likeness (QED) is 0.338. The van der Waals surface area contributed by atoms with E-state index >= 15 is 0 Å². The number of aldehydes is 1. The molecule has 0 bridgehead atoms. The van der Waals surface area contributed by atoms with Crippen molar-refractivity contribution in [2.75, 3.05) is 37.6 Å². The lowest BCUT2D eigenvalue weighted by Gasteiger charge is -2.35. The van der Waals surface area contributed by atoms with Gasteiger partial charge < -0.3 is 14.8 Å². The van der Waals surface area contributed by atoms with Gasteiger partial charge in [-0.2, -0.15) is 0 Å². The number of aromatic hydroxyl groups is 1. The molecule has 4 heteroatoms. The van der Waals surface area contributed by atoms with Crippen molar-refractivity contribution >= 4 is 12.0 Å². The van der Waals surface area contributed by atoms with Crippen LogP contribution in [0.2, 0.25) is 0 Å². The van der Waals surface area contributed by atoms with Crippen molar-refractivity contribution in [3.8, 4) is 5.75 Å². The molecule has 0 amide bonds. The molecule has 0 saturated carbocycles. The van der Waals surface area contributed by atoms with Crippen molar-refractivity contribution < 1.29 is 9.90 Å². The van der Waals surface area contributed by atoms with Gasteiger partial charge in [-0.25, -0.2) is 0 Å². The molecule has 0 unspecified atom stereocenters. The van der Waals surface area contributed by atoms with Crippen LogP contribution in [0.4, 0.5) is 5.69 Å². The molecule has 1 aliphatic carbocycles. The lowest BCUT2D eigenvalue weighted by atomic mass is 9.69. The zero-order chi connectivity index (χ0) is 27.6. The van der Waals surface area contributed by atoms with Gasteiger partial charge in [-0.05, 0) is 104 Å². The number of nitrogens with zero attached hydrogens (tertiary/aromatic N) is 2. The third kappa shape index (κ3) is 7.34. The fraction of sp³-hybridized carbons (Fsp3) is 0.472. The third-order valence-electron chi connectivity index (χ3n) is 9.07. The number of phenolic OH excluding ortho intramolecular Hbond substituents is 1. The van der Waals surface area contributed by atoms with Crippen LogP contribution < -0.4 is 4.90 Å². The minimum absolute atomic E-state index is 0.290. The molecule has 40 heavy (non-hydrogen) atoms. The molecule has 3 aromatic rings. The summed E-state index contributed by atoms with van der Waals surface area (Å²) in [4.78, 5) is 16.0. The van der Waals surface area contributed by atoms with Crippen molar-refractivity contribution in [3.63, 3.8) is 0 Å². The Morgan fingerprint density at radius 2 is 1.38 bits per heavy atom. The van der Waals surface area contributed by atoms with Crippen molar-refractivity contribution in [2.24, 2.45) is 0 Å². The van der Waals surface area contributed by atoms with Crippen LogP contribution in [0, 0.1) is 0 Å². The van der Waals surface area contributed by atoms with Crippen LogP contribution in [0.1, 0.15) is 91.9 Å². The fourth-order valence-corrected chi connectivity index (χ4v) is 6.92. The Kier molecular flexibility index (Phi) is 10.3. The van der Waals surface area contributed by atoms with Gasteiger partial charge in [0, 0.05) is 24.7 Å². The Bertz CT molecular complexity index is 1180. The highest BCUT2D eigenvalue weighted by Gasteiger charge is 2.32. The first-order chi connectivity index (χ1) is 19.7. The molecule has 1 aliphatic heterocycles. The van der Waals surface area contributed by atoms with Crippen LogP contribution in [0.15, 0.2) is 72.8 Å². The van der Waals surface area contributed by atoms with Gasteiger partial charge in [0.05, 0.1) is 6.54 Å². The van der Waals surface area contributed by atoms with Crippen molar-refractivity contribution in [2.45, 2.75) is 76.0 Å². The molecule has 1 N–H and O–H groups in total. The molecule has 0 radical (unpaired) electrons. The molecule has 0 aromatic heterocycles. The number of carbonyl (C=O) groups excluding carboxylic acids is 1. The number of aryl methyl sites for hydroxylation is 1. The molecular weight excluding hydrogens is 492 g/mol. The lowest BCUT2D eigenvalue weighted by molar-refractivity contribution is -0.108. The third-order valence-corrected chi connectivity index (χ3v) is 9.07. The zero-order valence-electron chi connectivity index (χ0n) is 24.0. The van der Waals surface area contributed by atoms with E-state index in [1.165, 1.54) is 79.3 Å². The van der Waals surface area contributed by atoms with Crippen LogP contribution >= 0.6 is 0 Å². The maximum absolute atomic E-state index is 11.0. The van der Waals surface area contributed by atoms with E-state index < -0.39 is 0 Å². The molecule has 2 aliphatic rings. The predicted octanol–water partition coefficient (Wildman–Crippen LogP) is 7.70. The highest BCUT2D eigenvalue weighted by atomic mass is 16.3. The van der Waals surface area contributed by atoms with Crippen LogP contribution in [0.5, 0.6) is 5.75 Å². The molecule has 212 valence electrons. The zero-order valence-corrected chi connectivity index (χ0v) is 24.0. The van der Waals surface area contributed by atoms with E-state index in [1.54, 1.807) is 0 Å². The Balaban J connectivity index is 1.32. The van der Waals surface area contributed by atoms with Crippen LogP contribution in [0.25, 0.3) is 0 Å². The van der Waals surface area contributed by atoms with Crippen molar-refractivity contribution in [1.82, 2.24) is 4.90 Å². The number of rotatable bonds is 5. The van der Waals surface area contributed by atoms with Gasteiger partial charge in [0.2, 0.25) is 0 Å². The maximum atomic E-state index is 11.0. The van der Waals surface area contributed by atoms with Crippen molar-refractivity contribution in [1.29, 1.82) is 0 Å². The van der Waals surface area contributed by atoms with Gasteiger partial charge in [0.15, 0.2) is 0 Å². The first-order valence-electron chi connectivity index (χ1n) is 15.6. The number of benzene rings is 3. The van der Waals surface area contributed by atoms with E-state index in [1.807, 2.05) is 12.1 Å². The summed E-state index contributed by atoms with van der Waals surface area (Å²) in [6.45, 7) is 4.91. The highest BCUT2D eigenvalue weighted by Crippen LogP contribution is 2.47. The molecule has 1 saturated heterocycles. The SMILES string of the molecule is O=CCN1CCCCCCN(c2ccc([C@H]3c4ccc(O)cc4CC[C@H]3c3ccccc3)cc2)CCCCCC1. The summed E-state index contributed by atoms with van der Waals surface area (Å²) < 4.78 is 0. The molecule has 0 spiro atoms. The van der Waals surface area contributed by atoms with Gasteiger partial charge in [-0.15, -0.1) is 0 Å². The topological polar surface area (TPSA) is 43.8 Å². The van der Waals surface area contributed by atoms with Gasteiger partial charge in [-0.3, -0.25) is 4.90 Å². The highest BCUT2D eigenvalue weighted by molar-refractivity contribution is 5.53. The second-order valence-electron chi connectivity index (χ2n) is 11.8. The molecule has 5 rings (SSSR count). The number of carbonyl (C=O) groups is 1. The summed E-state index contributed by atoms with van der Waals surface area (Å²) in [6, 6.07) is 26.4. The van der Waals surface area contributed by atoms with E-state index in [0.717, 1.165) is 45.3 Å². The maximum Gasteiger partial charge on any atom is 0.133 e. The summed E-state index contributed by atoms with van der Waals surface area (Å²) in [6.07, 6.45) is 12.9.